The highest BCUT2D eigenvalue weighted by molar-refractivity contribution is 5.38. The molecule has 4 heteroatoms. The van der Waals surface area contributed by atoms with E-state index >= 15 is 0 Å². The maximum atomic E-state index is 5.09. The van der Waals surface area contributed by atoms with Gasteiger partial charge in [-0.05, 0) is 19.3 Å². The van der Waals surface area contributed by atoms with Gasteiger partial charge >= 0.3 is 0 Å². The van der Waals surface area contributed by atoms with Crippen LogP contribution in [0.25, 0.3) is 0 Å². The van der Waals surface area contributed by atoms with Crippen LogP contribution in [0.3, 0.4) is 0 Å². The van der Waals surface area contributed by atoms with E-state index in [2.05, 4.69) is 28.3 Å². The highest BCUT2D eigenvalue weighted by atomic mass is 16.5. The van der Waals surface area contributed by atoms with Crippen LogP contribution in [0.2, 0.25) is 0 Å². The number of hydrogen-bond donors (Lipinski definition) is 1. The van der Waals surface area contributed by atoms with Crippen molar-refractivity contribution in [1.82, 2.24) is 9.97 Å². The monoisotopic (exact) mass is 221 g/mol. The predicted octanol–water partition coefficient (Wildman–Crippen LogP) is 2.32. The molecule has 0 radical (unpaired) electrons. The van der Waals surface area contributed by atoms with Crippen molar-refractivity contribution < 1.29 is 4.74 Å². The van der Waals surface area contributed by atoms with Crippen molar-refractivity contribution in [3.05, 3.63) is 17.6 Å². The molecule has 1 aliphatic rings. The predicted molar refractivity (Wildman–Crippen MR) is 63.5 cm³/mol. The maximum absolute atomic E-state index is 5.09. The summed E-state index contributed by atoms with van der Waals surface area (Å²) < 4.78 is 5.09. The highest BCUT2D eigenvalue weighted by Crippen LogP contribution is 2.39. The molecule has 1 aromatic heterocycles. The van der Waals surface area contributed by atoms with E-state index in [-0.39, 0.29) is 0 Å². The van der Waals surface area contributed by atoms with Gasteiger partial charge < -0.3 is 10.1 Å². The molecule has 88 valence electrons. The summed E-state index contributed by atoms with van der Waals surface area (Å²) in [5, 5.41) is 3.31. The van der Waals surface area contributed by atoms with E-state index in [4.69, 9.17) is 4.74 Å². The minimum absolute atomic E-state index is 0.487. The zero-order valence-corrected chi connectivity index (χ0v) is 9.99. The molecule has 0 saturated heterocycles. The quantitative estimate of drug-likeness (QED) is 0.800. The van der Waals surface area contributed by atoms with Crippen molar-refractivity contribution in [3.63, 3.8) is 0 Å². The molecule has 16 heavy (non-hydrogen) atoms. The van der Waals surface area contributed by atoms with Crippen LogP contribution < -0.4 is 5.32 Å². The molecule has 1 N–H and O–H groups in total. The van der Waals surface area contributed by atoms with Crippen molar-refractivity contribution in [2.24, 2.45) is 0 Å². The van der Waals surface area contributed by atoms with Crippen LogP contribution in [0.5, 0.6) is 0 Å². The van der Waals surface area contributed by atoms with Crippen LogP contribution in [0.1, 0.15) is 43.6 Å². The van der Waals surface area contributed by atoms with Crippen LogP contribution in [0, 0.1) is 0 Å². The number of hydrogen-bond acceptors (Lipinski definition) is 4. The molecule has 4 nitrogen and oxygen atoms in total. The minimum atomic E-state index is 0.487. The van der Waals surface area contributed by atoms with Gasteiger partial charge in [0.2, 0.25) is 0 Å². The summed E-state index contributed by atoms with van der Waals surface area (Å²) in [6, 6.07) is 2.08. The first-order valence-corrected chi connectivity index (χ1v) is 5.94. The summed E-state index contributed by atoms with van der Waals surface area (Å²) in [5.74, 6) is 2.37. The highest BCUT2D eigenvalue weighted by Gasteiger charge is 2.26. The first kappa shape index (κ1) is 11.3. The lowest BCUT2D eigenvalue weighted by molar-refractivity contribution is 0.177. The Labute approximate surface area is 96.4 Å². The summed E-state index contributed by atoms with van der Waals surface area (Å²) in [6.07, 6.45) is 3.62. The Morgan fingerprint density at radius 3 is 2.88 bits per heavy atom. The third kappa shape index (κ3) is 2.92. The van der Waals surface area contributed by atoms with Gasteiger partial charge in [0.05, 0.1) is 0 Å². The van der Waals surface area contributed by atoms with Crippen LogP contribution in [0.15, 0.2) is 6.07 Å². The summed E-state index contributed by atoms with van der Waals surface area (Å²) in [6.45, 7) is 3.58. The SMILES string of the molecule is CCCNc1cc(C2CC2)nc(COC)n1. The van der Waals surface area contributed by atoms with Crippen molar-refractivity contribution >= 4 is 5.82 Å². The Balaban J connectivity index is 2.14. The standard InChI is InChI=1S/C12H19N3O/c1-3-6-13-11-7-10(9-4-5-9)14-12(15-11)8-16-2/h7,9H,3-6,8H2,1-2H3,(H,13,14,15). The van der Waals surface area contributed by atoms with Crippen molar-refractivity contribution in [2.45, 2.75) is 38.7 Å². The van der Waals surface area contributed by atoms with Crippen LogP contribution >= 0.6 is 0 Å². The van der Waals surface area contributed by atoms with E-state index < -0.39 is 0 Å². The largest absolute Gasteiger partial charge is 0.377 e. The third-order valence-corrected chi connectivity index (χ3v) is 2.62. The van der Waals surface area contributed by atoms with Crippen LogP contribution in [-0.4, -0.2) is 23.6 Å². The lowest BCUT2D eigenvalue weighted by Gasteiger charge is -2.08. The molecule has 1 aliphatic carbocycles. The lowest BCUT2D eigenvalue weighted by Crippen LogP contribution is -2.07. The second-order valence-electron chi connectivity index (χ2n) is 4.23. The number of nitrogens with zero attached hydrogens (tertiary/aromatic N) is 2. The van der Waals surface area contributed by atoms with Gasteiger partial charge in [0.25, 0.3) is 0 Å². The van der Waals surface area contributed by atoms with Crippen molar-refractivity contribution in [2.75, 3.05) is 19.0 Å². The van der Waals surface area contributed by atoms with Crippen molar-refractivity contribution in [1.29, 1.82) is 0 Å². The van der Waals surface area contributed by atoms with Crippen molar-refractivity contribution in [3.8, 4) is 0 Å². The summed E-state index contributed by atoms with van der Waals surface area (Å²) in [7, 11) is 1.67. The average molecular weight is 221 g/mol. The van der Waals surface area contributed by atoms with Gasteiger partial charge in [0.1, 0.15) is 12.4 Å². The fourth-order valence-corrected chi connectivity index (χ4v) is 1.64. The molecule has 1 fully saturated rings. The Morgan fingerprint density at radius 2 is 2.25 bits per heavy atom. The molecule has 0 aromatic carbocycles. The van der Waals surface area contributed by atoms with E-state index in [1.165, 1.54) is 18.5 Å². The summed E-state index contributed by atoms with van der Waals surface area (Å²) in [5.41, 5.74) is 1.17. The molecule has 0 amide bonds. The first-order valence-electron chi connectivity index (χ1n) is 5.94. The molecule has 0 aliphatic heterocycles. The molecule has 0 bridgehead atoms. The number of methoxy groups -OCH3 is 1. The molecule has 0 unspecified atom stereocenters. The molecular formula is C12H19N3O. The first-order chi connectivity index (χ1) is 7.83. The zero-order valence-electron chi connectivity index (χ0n) is 9.99. The van der Waals surface area contributed by atoms with E-state index in [1.807, 2.05) is 0 Å². The molecule has 1 saturated carbocycles. The Bertz CT molecular complexity index is 350. The fraction of sp³-hybridized carbons (Fsp3) is 0.667. The number of aromatic nitrogens is 2. The second kappa shape index (κ2) is 5.25. The van der Waals surface area contributed by atoms with E-state index in [9.17, 15) is 0 Å². The van der Waals surface area contributed by atoms with E-state index in [0.717, 1.165) is 24.6 Å². The smallest absolute Gasteiger partial charge is 0.156 e. The minimum Gasteiger partial charge on any atom is -0.377 e. The Hall–Kier alpha value is -1.16. The molecule has 0 atom stereocenters. The molecule has 1 aromatic rings. The van der Waals surface area contributed by atoms with Gasteiger partial charge in [-0.2, -0.15) is 0 Å². The second-order valence-corrected chi connectivity index (χ2v) is 4.23. The lowest BCUT2D eigenvalue weighted by atomic mass is 10.2. The van der Waals surface area contributed by atoms with Crippen LogP contribution in [-0.2, 0) is 11.3 Å². The summed E-state index contributed by atoms with van der Waals surface area (Å²) >= 11 is 0. The third-order valence-electron chi connectivity index (χ3n) is 2.62. The van der Waals surface area contributed by atoms with E-state index in [0.29, 0.717) is 12.5 Å². The maximum Gasteiger partial charge on any atom is 0.156 e. The van der Waals surface area contributed by atoms with Gasteiger partial charge in [-0.3, -0.25) is 0 Å². The topological polar surface area (TPSA) is 47.0 Å². The Kier molecular flexibility index (Phi) is 3.72. The van der Waals surface area contributed by atoms with Gasteiger partial charge in [-0.15, -0.1) is 0 Å². The fourth-order valence-electron chi connectivity index (χ4n) is 1.64. The zero-order chi connectivity index (χ0) is 11.4. The molecule has 0 spiro atoms. The number of rotatable bonds is 6. The van der Waals surface area contributed by atoms with Gasteiger partial charge in [-0.1, -0.05) is 6.92 Å². The van der Waals surface area contributed by atoms with Crippen LogP contribution in [0.4, 0.5) is 5.82 Å². The Morgan fingerprint density at radius 1 is 1.44 bits per heavy atom. The molecule has 2 rings (SSSR count). The number of nitrogens with one attached hydrogen (secondary N) is 1. The van der Waals surface area contributed by atoms with Gasteiger partial charge in [0.15, 0.2) is 5.82 Å². The number of anilines is 1. The molecular weight excluding hydrogens is 202 g/mol. The summed E-state index contributed by atoms with van der Waals surface area (Å²) in [4.78, 5) is 8.94. The average Bonchev–Trinajstić information content (AvgIpc) is 3.10. The molecule has 1 heterocycles. The van der Waals surface area contributed by atoms with Gasteiger partial charge in [-0.25, -0.2) is 9.97 Å². The normalized spacial score (nSPS) is 15.1. The van der Waals surface area contributed by atoms with E-state index in [1.54, 1.807) is 7.11 Å². The number of ether oxygens (including phenoxy) is 1. The van der Waals surface area contributed by atoms with Gasteiger partial charge in [0, 0.05) is 31.3 Å².